The van der Waals surface area contributed by atoms with E-state index in [1.54, 1.807) is 0 Å². The molecule has 1 aliphatic carbocycles. The molecule has 1 saturated carbocycles. The smallest absolute Gasteiger partial charge is 0.0177 e. The number of hydrogen-bond acceptors (Lipinski definition) is 0. The number of aryl methyl sites for hydroxylation is 2. The molecule has 1 atom stereocenters. The number of hydrogen-bond donors (Lipinski definition) is 0. The van der Waals surface area contributed by atoms with Crippen LogP contribution in [0, 0.1) is 12.8 Å². The Labute approximate surface area is 108 Å². The molecule has 1 heteroatoms. The van der Waals surface area contributed by atoms with E-state index in [1.165, 1.54) is 49.7 Å². The Morgan fingerprint density at radius 3 is 2.75 bits per heavy atom. The summed E-state index contributed by atoms with van der Waals surface area (Å²) in [4.78, 5) is 0.732. The van der Waals surface area contributed by atoms with Gasteiger partial charge >= 0.3 is 0 Å². The Bertz CT molecular complexity index is 326. The summed E-state index contributed by atoms with van der Waals surface area (Å²) in [7, 11) is 0. The fourth-order valence-electron chi connectivity index (χ4n) is 2.73. The van der Waals surface area contributed by atoms with Crippen LogP contribution in [-0.2, 0) is 6.42 Å². The van der Waals surface area contributed by atoms with E-state index in [9.17, 15) is 0 Å². The van der Waals surface area contributed by atoms with E-state index < -0.39 is 0 Å². The lowest BCUT2D eigenvalue weighted by Crippen LogP contribution is -2.11. The van der Waals surface area contributed by atoms with Crippen LogP contribution in [0.3, 0.4) is 0 Å². The van der Waals surface area contributed by atoms with Gasteiger partial charge in [-0.25, -0.2) is 0 Å². The second-order valence-corrected chi connectivity index (χ2v) is 6.26. The number of rotatable bonds is 4. The lowest BCUT2D eigenvalue weighted by atomic mass is 9.98. The fourth-order valence-corrected chi connectivity index (χ4v) is 3.48. The molecule has 1 aromatic rings. The SMILES string of the molecule is Cc1cccc(CCC(Br)C2CCCC2)c1. The maximum absolute atomic E-state index is 3.88. The normalized spacial score (nSPS) is 18.9. The maximum Gasteiger partial charge on any atom is 0.0177 e. The van der Waals surface area contributed by atoms with Gasteiger partial charge in [0.2, 0.25) is 0 Å². The van der Waals surface area contributed by atoms with Crippen molar-refractivity contribution in [2.24, 2.45) is 5.92 Å². The van der Waals surface area contributed by atoms with Crippen LogP contribution < -0.4 is 0 Å². The van der Waals surface area contributed by atoms with E-state index >= 15 is 0 Å². The third-order valence-electron chi connectivity index (χ3n) is 3.70. The minimum absolute atomic E-state index is 0.732. The minimum atomic E-state index is 0.732. The first-order valence-corrected chi connectivity index (χ1v) is 7.37. The van der Waals surface area contributed by atoms with Crippen LogP contribution in [-0.4, -0.2) is 4.83 Å². The fraction of sp³-hybridized carbons (Fsp3) is 0.600. The van der Waals surface area contributed by atoms with Crippen molar-refractivity contribution in [3.05, 3.63) is 35.4 Å². The van der Waals surface area contributed by atoms with Crippen molar-refractivity contribution in [1.29, 1.82) is 0 Å². The van der Waals surface area contributed by atoms with E-state index in [1.807, 2.05) is 0 Å². The Morgan fingerprint density at radius 2 is 2.06 bits per heavy atom. The highest BCUT2D eigenvalue weighted by atomic mass is 79.9. The molecular weight excluding hydrogens is 260 g/mol. The standard InChI is InChI=1S/C15H21Br/c1-12-5-4-6-13(11-12)9-10-15(16)14-7-2-3-8-14/h4-6,11,14-15H,2-3,7-10H2,1H3. The molecule has 0 spiro atoms. The molecule has 16 heavy (non-hydrogen) atoms. The highest BCUT2D eigenvalue weighted by Crippen LogP contribution is 2.33. The topological polar surface area (TPSA) is 0 Å². The quantitative estimate of drug-likeness (QED) is 0.690. The molecule has 1 aliphatic rings. The second-order valence-electron chi connectivity index (χ2n) is 5.09. The van der Waals surface area contributed by atoms with E-state index in [0.717, 1.165) is 10.7 Å². The van der Waals surface area contributed by atoms with Gasteiger partial charge in [-0.15, -0.1) is 0 Å². The van der Waals surface area contributed by atoms with E-state index in [-0.39, 0.29) is 0 Å². The van der Waals surface area contributed by atoms with E-state index in [4.69, 9.17) is 0 Å². The summed E-state index contributed by atoms with van der Waals surface area (Å²) in [5, 5.41) is 0. The molecular formula is C15H21Br. The Hall–Kier alpha value is -0.300. The molecule has 0 bridgehead atoms. The maximum atomic E-state index is 3.88. The van der Waals surface area contributed by atoms with Crippen molar-refractivity contribution in [1.82, 2.24) is 0 Å². The number of halogens is 1. The molecule has 0 heterocycles. The summed E-state index contributed by atoms with van der Waals surface area (Å²) >= 11 is 3.88. The van der Waals surface area contributed by atoms with Gasteiger partial charge in [0, 0.05) is 4.83 Å². The molecule has 2 rings (SSSR count). The van der Waals surface area contributed by atoms with Crippen molar-refractivity contribution >= 4 is 15.9 Å². The van der Waals surface area contributed by atoms with Crippen LogP contribution in [0.2, 0.25) is 0 Å². The lowest BCUT2D eigenvalue weighted by Gasteiger charge is -2.16. The zero-order chi connectivity index (χ0) is 11.4. The first-order chi connectivity index (χ1) is 7.75. The average molecular weight is 281 g/mol. The molecule has 1 unspecified atom stereocenters. The summed E-state index contributed by atoms with van der Waals surface area (Å²) in [5.74, 6) is 0.935. The third-order valence-corrected chi connectivity index (χ3v) is 4.91. The molecule has 88 valence electrons. The molecule has 1 aromatic carbocycles. The van der Waals surface area contributed by atoms with Gasteiger partial charge in [0.25, 0.3) is 0 Å². The predicted molar refractivity (Wildman–Crippen MR) is 74.2 cm³/mol. The summed E-state index contributed by atoms with van der Waals surface area (Å²) < 4.78 is 0. The number of alkyl halides is 1. The monoisotopic (exact) mass is 280 g/mol. The molecule has 0 amide bonds. The van der Waals surface area contributed by atoms with Gasteiger partial charge in [0.1, 0.15) is 0 Å². The first kappa shape index (κ1) is 12.2. The molecule has 0 nitrogen and oxygen atoms in total. The van der Waals surface area contributed by atoms with Gasteiger partial charge in [-0.3, -0.25) is 0 Å². The molecule has 0 aliphatic heterocycles. The van der Waals surface area contributed by atoms with Crippen LogP contribution in [0.1, 0.15) is 43.2 Å². The average Bonchev–Trinajstić information content (AvgIpc) is 2.79. The van der Waals surface area contributed by atoms with Gasteiger partial charge in [0.05, 0.1) is 0 Å². The van der Waals surface area contributed by atoms with Crippen molar-refractivity contribution in [3.8, 4) is 0 Å². The van der Waals surface area contributed by atoms with Gasteiger partial charge in [-0.1, -0.05) is 58.6 Å². The Morgan fingerprint density at radius 1 is 1.31 bits per heavy atom. The predicted octanol–water partition coefficient (Wildman–Crippen LogP) is 4.88. The third kappa shape index (κ3) is 3.35. The second kappa shape index (κ2) is 5.86. The van der Waals surface area contributed by atoms with Gasteiger partial charge in [-0.05, 0) is 44.1 Å². The molecule has 0 radical (unpaired) electrons. The van der Waals surface area contributed by atoms with Crippen LogP contribution in [0.15, 0.2) is 24.3 Å². The highest BCUT2D eigenvalue weighted by Gasteiger charge is 2.22. The summed E-state index contributed by atoms with van der Waals surface area (Å²) in [6.07, 6.45) is 8.25. The van der Waals surface area contributed by atoms with Crippen molar-refractivity contribution in [2.45, 2.75) is 50.3 Å². The molecule has 0 N–H and O–H groups in total. The van der Waals surface area contributed by atoms with Gasteiger partial charge in [-0.2, -0.15) is 0 Å². The lowest BCUT2D eigenvalue weighted by molar-refractivity contribution is 0.506. The molecule has 1 fully saturated rings. The van der Waals surface area contributed by atoms with Crippen LogP contribution in [0.25, 0.3) is 0 Å². The van der Waals surface area contributed by atoms with Gasteiger partial charge < -0.3 is 0 Å². The molecule has 0 aromatic heterocycles. The van der Waals surface area contributed by atoms with Gasteiger partial charge in [0.15, 0.2) is 0 Å². The van der Waals surface area contributed by atoms with Crippen LogP contribution in [0.4, 0.5) is 0 Å². The van der Waals surface area contributed by atoms with Crippen molar-refractivity contribution in [2.75, 3.05) is 0 Å². The summed E-state index contributed by atoms with van der Waals surface area (Å²) in [5.41, 5.74) is 2.87. The van der Waals surface area contributed by atoms with E-state index in [2.05, 4.69) is 47.1 Å². The minimum Gasteiger partial charge on any atom is -0.0888 e. The van der Waals surface area contributed by atoms with E-state index in [0.29, 0.717) is 0 Å². The largest absolute Gasteiger partial charge is 0.0888 e. The molecule has 0 saturated heterocycles. The Balaban J connectivity index is 1.82. The van der Waals surface area contributed by atoms with Crippen LogP contribution in [0.5, 0.6) is 0 Å². The van der Waals surface area contributed by atoms with Crippen molar-refractivity contribution in [3.63, 3.8) is 0 Å². The summed E-state index contributed by atoms with van der Waals surface area (Å²) in [6, 6.07) is 8.91. The summed E-state index contributed by atoms with van der Waals surface area (Å²) in [6.45, 7) is 2.17. The number of benzene rings is 1. The van der Waals surface area contributed by atoms with Crippen molar-refractivity contribution < 1.29 is 0 Å². The Kier molecular flexibility index (Phi) is 4.45. The van der Waals surface area contributed by atoms with Crippen LogP contribution >= 0.6 is 15.9 Å². The first-order valence-electron chi connectivity index (χ1n) is 6.45. The zero-order valence-electron chi connectivity index (χ0n) is 10.1. The zero-order valence-corrected chi connectivity index (χ0v) is 11.7. The highest BCUT2D eigenvalue weighted by molar-refractivity contribution is 9.09.